The van der Waals surface area contributed by atoms with Gasteiger partial charge in [-0.2, -0.15) is 0 Å². The third-order valence-corrected chi connectivity index (χ3v) is 10.6. The molecule has 0 aliphatic carbocycles. The third kappa shape index (κ3) is 43.6. The van der Waals surface area contributed by atoms with Gasteiger partial charge in [-0.15, -0.1) is 0 Å². The van der Waals surface area contributed by atoms with E-state index in [0.717, 1.165) is 57.8 Å². The second kappa shape index (κ2) is 40.2. The Kier molecular flexibility index (Phi) is 39.1. The molecule has 0 aromatic rings. The number of allylic oxidation sites excluding steroid dienone is 8. The number of likely N-dealkylation sites (N-methyl/N-ethyl adjacent to an activating group) is 1. The van der Waals surface area contributed by atoms with Gasteiger partial charge < -0.3 is 18.9 Å². The van der Waals surface area contributed by atoms with E-state index in [0.29, 0.717) is 24.1 Å². The molecule has 1 N–H and O–H groups in total. The molecule has 0 heterocycles. The van der Waals surface area contributed by atoms with Crippen LogP contribution in [0.5, 0.6) is 0 Å². The molecule has 56 heavy (non-hydrogen) atoms. The van der Waals surface area contributed by atoms with Crippen LogP contribution in [0.1, 0.15) is 187 Å². The van der Waals surface area contributed by atoms with Crippen molar-refractivity contribution in [2.45, 2.75) is 193 Å². The fourth-order valence-corrected chi connectivity index (χ4v) is 6.87. The minimum absolute atomic E-state index is 0.0886. The van der Waals surface area contributed by atoms with Gasteiger partial charge >= 0.3 is 13.8 Å². The van der Waals surface area contributed by atoms with Crippen molar-refractivity contribution in [2.75, 3.05) is 54.1 Å². The zero-order valence-electron chi connectivity index (χ0n) is 37.1. The lowest BCUT2D eigenvalue weighted by molar-refractivity contribution is -0.870. The van der Waals surface area contributed by atoms with Crippen molar-refractivity contribution in [2.24, 2.45) is 0 Å². The summed E-state index contributed by atoms with van der Waals surface area (Å²) in [5, 5.41) is 0. The first kappa shape index (κ1) is 54.5. The lowest BCUT2D eigenvalue weighted by atomic mass is 10.0. The molecule has 0 fully saturated rings. The lowest BCUT2D eigenvalue weighted by Gasteiger charge is -2.24. The fraction of sp³-hybridized carbons (Fsp3) is 0.809. The molecule has 9 heteroatoms. The van der Waals surface area contributed by atoms with Crippen LogP contribution in [0.4, 0.5) is 0 Å². The highest BCUT2D eigenvalue weighted by atomic mass is 31.2. The fourth-order valence-electron chi connectivity index (χ4n) is 6.13. The van der Waals surface area contributed by atoms with E-state index in [4.69, 9.17) is 18.5 Å². The number of esters is 1. The summed E-state index contributed by atoms with van der Waals surface area (Å²) in [7, 11) is 1.67. The van der Waals surface area contributed by atoms with Crippen molar-refractivity contribution >= 4 is 13.8 Å². The second-order valence-electron chi connectivity index (χ2n) is 16.4. The summed E-state index contributed by atoms with van der Waals surface area (Å²) in [6.07, 6.45) is 48.8. The Hall–Kier alpha value is -1.54. The number of hydrogen-bond donors (Lipinski definition) is 1. The maximum Gasteiger partial charge on any atom is 0.472 e. The number of rotatable bonds is 42. The number of unbranched alkanes of at least 4 members (excludes halogenated alkanes) is 20. The van der Waals surface area contributed by atoms with Crippen LogP contribution in [-0.2, 0) is 27.9 Å². The third-order valence-electron chi connectivity index (χ3n) is 9.65. The number of quaternary nitrogens is 1. The predicted molar refractivity (Wildman–Crippen MR) is 238 cm³/mol. The van der Waals surface area contributed by atoms with Crippen molar-refractivity contribution in [3.8, 4) is 0 Å². The van der Waals surface area contributed by atoms with Gasteiger partial charge in [-0.3, -0.25) is 13.8 Å². The van der Waals surface area contributed by atoms with Gasteiger partial charge in [-0.05, 0) is 51.4 Å². The maximum absolute atomic E-state index is 12.6. The van der Waals surface area contributed by atoms with Gasteiger partial charge in [0.1, 0.15) is 19.3 Å². The molecule has 328 valence electrons. The van der Waals surface area contributed by atoms with E-state index in [2.05, 4.69) is 62.5 Å². The van der Waals surface area contributed by atoms with Gasteiger partial charge in [0.15, 0.2) is 0 Å². The Morgan fingerprint density at radius 3 is 1.55 bits per heavy atom. The second-order valence-corrected chi connectivity index (χ2v) is 17.9. The molecule has 0 aromatic heterocycles. The molecule has 0 aromatic carbocycles. The zero-order valence-corrected chi connectivity index (χ0v) is 38.0. The minimum Gasteiger partial charge on any atom is -0.457 e. The number of phosphoric acid groups is 1. The molecule has 2 atom stereocenters. The number of phosphoric ester groups is 1. The number of nitrogens with zero attached hydrogens (tertiary/aromatic N) is 1. The Bertz CT molecular complexity index is 1040. The molecule has 0 aliphatic heterocycles. The quantitative estimate of drug-likeness (QED) is 0.0216. The first-order valence-electron chi connectivity index (χ1n) is 22.9. The van der Waals surface area contributed by atoms with E-state index in [9.17, 15) is 14.3 Å². The summed E-state index contributed by atoms with van der Waals surface area (Å²) in [4.78, 5) is 22.8. The Morgan fingerprint density at radius 2 is 1.04 bits per heavy atom. The number of ether oxygens (including phenoxy) is 2. The van der Waals surface area contributed by atoms with Crippen LogP contribution >= 0.6 is 7.82 Å². The zero-order chi connectivity index (χ0) is 41.3. The molecule has 0 bridgehead atoms. The lowest BCUT2D eigenvalue weighted by Crippen LogP contribution is -2.37. The summed E-state index contributed by atoms with van der Waals surface area (Å²) < 4.78 is 34.9. The van der Waals surface area contributed by atoms with Crippen LogP contribution in [0.25, 0.3) is 0 Å². The van der Waals surface area contributed by atoms with Crippen molar-refractivity contribution in [3.05, 3.63) is 48.6 Å². The van der Waals surface area contributed by atoms with Crippen molar-refractivity contribution in [1.29, 1.82) is 0 Å². The highest BCUT2D eigenvalue weighted by molar-refractivity contribution is 7.47. The summed E-state index contributed by atoms with van der Waals surface area (Å²) >= 11 is 0. The van der Waals surface area contributed by atoms with Gasteiger partial charge in [-0.1, -0.05) is 178 Å². The van der Waals surface area contributed by atoms with Crippen LogP contribution in [0.2, 0.25) is 0 Å². The molecule has 0 saturated carbocycles. The van der Waals surface area contributed by atoms with Crippen LogP contribution < -0.4 is 0 Å². The SMILES string of the molecule is CC/C=C\C/C=C\C/C=C\C/C=C\CCCCCCCCCCCCCCCOCC(COP(=O)(O)OCC[N+](C)(C)C)OC(=O)CCCCCCCCCC. The Morgan fingerprint density at radius 1 is 0.571 bits per heavy atom. The molecule has 8 nitrogen and oxygen atoms in total. The topological polar surface area (TPSA) is 91.3 Å². The smallest absolute Gasteiger partial charge is 0.457 e. The summed E-state index contributed by atoms with van der Waals surface area (Å²) in [5.41, 5.74) is 0. The average molecular weight is 811 g/mol. The van der Waals surface area contributed by atoms with Crippen LogP contribution in [0.3, 0.4) is 0 Å². The predicted octanol–water partition coefficient (Wildman–Crippen LogP) is 13.6. The molecular formula is C47H89NO7P+. The Labute approximate surface area is 346 Å². The molecule has 0 saturated heterocycles. The monoisotopic (exact) mass is 811 g/mol. The van der Waals surface area contributed by atoms with E-state index in [-0.39, 0.29) is 25.8 Å². The molecule has 0 radical (unpaired) electrons. The molecule has 0 spiro atoms. The van der Waals surface area contributed by atoms with Crippen molar-refractivity contribution < 1.29 is 37.3 Å². The van der Waals surface area contributed by atoms with Gasteiger partial charge in [0.05, 0.1) is 34.4 Å². The number of hydrogen-bond acceptors (Lipinski definition) is 6. The van der Waals surface area contributed by atoms with Crippen molar-refractivity contribution in [3.63, 3.8) is 0 Å². The summed E-state index contributed by atoms with van der Waals surface area (Å²) in [6.45, 7) is 5.48. The molecule has 0 amide bonds. The number of carbonyl (C=O) groups is 1. The van der Waals surface area contributed by atoms with Crippen LogP contribution in [-0.4, -0.2) is 75.6 Å². The normalized spacial score (nSPS) is 14.2. The van der Waals surface area contributed by atoms with E-state index in [1.54, 1.807) is 0 Å². The standard InChI is InChI=1S/C47H88NO7P/c1-6-8-10-12-14-16-17-18-19-20-21-22-23-24-25-26-27-28-29-30-31-32-33-35-37-39-42-52-44-46(45-54-56(50,51)53-43-41-48(3,4)5)55-47(49)40-38-36-34-15-13-11-9-7-2/h8,10,14,16,18-19,21-22,46H,6-7,9,11-13,15,17,20,23-45H2,1-5H3/p+1/b10-8-,16-14-,19-18-,22-21-. The van der Waals surface area contributed by atoms with Gasteiger partial charge in [0.2, 0.25) is 0 Å². The van der Waals surface area contributed by atoms with Crippen LogP contribution in [0, 0.1) is 0 Å². The molecule has 0 aliphatic rings. The van der Waals surface area contributed by atoms with E-state index >= 15 is 0 Å². The minimum atomic E-state index is -4.27. The van der Waals surface area contributed by atoms with E-state index in [1.807, 2.05) is 21.1 Å². The first-order valence-corrected chi connectivity index (χ1v) is 24.4. The average Bonchev–Trinajstić information content (AvgIpc) is 3.15. The Balaban J connectivity index is 3.99. The van der Waals surface area contributed by atoms with Gasteiger partial charge in [0, 0.05) is 13.0 Å². The number of carbonyl (C=O) groups excluding carboxylic acids is 1. The van der Waals surface area contributed by atoms with E-state index < -0.39 is 13.9 Å². The highest BCUT2D eigenvalue weighted by Crippen LogP contribution is 2.43. The molecular weight excluding hydrogens is 721 g/mol. The van der Waals surface area contributed by atoms with E-state index in [1.165, 1.54) is 109 Å². The highest BCUT2D eigenvalue weighted by Gasteiger charge is 2.26. The van der Waals surface area contributed by atoms with Crippen molar-refractivity contribution in [1.82, 2.24) is 0 Å². The first-order chi connectivity index (χ1) is 27.1. The summed E-state index contributed by atoms with van der Waals surface area (Å²) in [6, 6.07) is 0. The molecule has 0 rings (SSSR count). The van der Waals surface area contributed by atoms with Gasteiger partial charge in [0.25, 0.3) is 0 Å². The summed E-state index contributed by atoms with van der Waals surface area (Å²) in [5.74, 6) is -0.319. The molecule has 2 unspecified atom stereocenters. The maximum atomic E-state index is 12.6. The van der Waals surface area contributed by atoms with Crippen LogP contribution in [0.15, 0.2) is 48.6 Å². The van der Waals surface area contributed by atoms with Gasteiger partial charge in [-0.25, -0.2) is 4.57 Å². The largest absolute Gasteiger partial charge is 0.472 e.